The van der Waals surface area contributed by atoms with Crippen molar-refractivity contribution in [2.24, 2.45) is 0 Å². The van der Waals surface area contributed by atoms with Crippen LogP contribution >= 0.6 is 11.6 Å². The molecule has 1 N–H and O–H groups in total. The molecule has 9 heteroatoms. The highest BCUT2D eigenvalue weighted by atomic mass is 35.5. The zero-order valence-electron chi connectivity index (χ0n) is 18.4. The van der Waals surface area contributed by atoms with Crippen molar-refractivity contribution in [3.05, 3.63) is 65.2 Å². The molecule has 3 aliphatic rings. The van der Waals surface area contributed by atoms with Gasteiger partial charge in [-0.05, 0) is 61.9 Å². The molecule has 0 spiro atoms. The lowest BCUT2D eigenvalue weighted by Gasteiger charge is -2.29. The average Bonchev–Trinajstić information content (AvgIpc) is 3.76. The SMILES string of the molecule is N#CC1(NC(=O)[C@@H]2C[C@@H](S(=O)(=O)c3ccccc3)CN2C(=O)C2(c3ccc(Cl)cc3)CC2)CC1. The molecule has 0 radical (unpaired) electrons. The lowest BCUT2D eigenvalue weighted by Crippen LogP contribution is -2.51. The number of carbonyl (C=O) groups is 2. The van der Waals surface area contributed by atoms with E-state index < -0.39 is 38.0 Å². The number of nitrogens with zero attached hydrogens (tertiary/aromatic N) is 2. The van der Waals surface area contributed by atoms with Gasteiger partial charge in [-0.3, -0.25) is 9.59 Å². The number of rotatable bonds is 6. The van der Waals surface area contributed by atoms with Crippen molar-refractivity contribution in [2.45, 2.75) is 59.2 Å². The Labute approximate surface area is 203 Å². The van der Waals surface area contributed by atoms with Gasteiger partial charge < -0.3 is 10.2 Å². The van der Waals surface area contributed by atoms with Crippen molar-refractivity contribution in [1.82, 2.24) is 10.2 Å². The van der Waals surface area contributed by atoms with Gasteiger partial charge in [0.05, 0.1) is 21.6 Å². The van der Waals surface area contributed by atoms with Crippen molar-refractivity contribution in [3.63, 3.8) is 0 Å². The summed E-state index contributed by atoms with van der Waals surface area (Å²) in [4.78, 5) is 28.7. The molecule has 2 aliphatic carbocycles. The lowest BCUT2D eigenvalue weighted by molar-refractivity contribution is -0.140. The monoisotopic (exact) mass is 497 g/mol. The number of hydrogen-bond acceptors (Lipinski definition) is 5. The van der Waals surface area contributed by atoms with E-state index in [4.69, 9.17) is 11.6 Å². The maximum absolute atomic E-state index is 13.8. The third-order valence-corrected chi connectivity index (χ3v) is 9.62. The molecule has 1 aliphatic heterocycles. The maximum atomic E-state index is 13.8. The van der Waals surface area contributed by atoms with Gasteiger partial charge in [0.1, 0.15) is 11.6 Å². The summed E-state index contributed by atoms with van der Waals surface area (Å²) in [6, 6.07) is 16.3. The van der Waals surface area contributed by atoms with E-state index in [0.29, 0.717) is 30.7 Å². The Morgan fingerprint density at radius 3 is 2.24 bits per heavy atom. The quantitative estimate of drug-likeness (QED) is 0.660. The molecule has 2 saturated carbocycles. The third kappa shape index (κ3) is 3.87. The van der Waals surface area contributed by atoms with E-state index >= 15 is 0 Å². The molecule has 1 heterocycles. The second-order valence-electron chi connectivity index (χ2n) is 9.46. The highest BCUT2D eigenvalue weighted by molar-refractivity contribution is 7.92. The van der Waals surface area contributed by atoms with Crippen LogP contribution in [0.1, 0.15) is 37.7 Å². The Bertz CT molecular complexity index is 1280. The first-order valence-corrected chi connectivity index (χ1v) is 13.2. The number of sulfone groups is 1. The Morgan fingerprint density at radius 2 is 1.68 bits per heavy atom. The molecular weight excluding hydrogens is 474 g/mol. The van der Waals surface area contributed by atoms with Gasteiger partial charge in [-0.25, -0.2) is 8.42 Å². The zero-order chi connectivity index (χ0) is 24.1. The molecule has 2 amide bonds. The molecule has 0 aromatic heterocycles. The summed E-state index contributed by atoms with van der Waals surface area (Å²) in [6.07, 6.45) is 2.34. The van der Waals surface area contributed by atoms with Crippen LogP contribution in [0, 0.1) is 11.3 Å². The fourth-order valence-corrected chi connectivity index (χ4v) is 6.64. The first kappa shape index (κ1) is 22.9. The van der Waals surface area contributed by atoms with Gasteiger partial charge in [0.25, 0.3) is 0 Å². The van der Waals surface area contributed by atoms with Gasteiger partial charge in [-0.15, -0.1) is 0 Å². The van der Waals surface area contributed by atoms with Crippen LogP contribution in [-0.2, 0) is 24.8 Å². The highest BCUT2D eigenvalue weighted by Gasteiger charge is 2.58. The average molecular weight is 498 g/mol. The predicted octanol–water partition coefficient (Wildman–Crippen LogP) is 2.99. The minimum Gasteiger partial charge on any atom is -0.336 e. The minimum atomic E-state index is -3.76. The number of nitrogens with one attached hydrogen (secondary N) is 1. The van der Waals surface area contributed by atoms with Crippen LogP contribution in [0.3, 0.4) is 0 Å². The van der Waals surface area contributed by atoms with Crippen molar-refractivity contribution >= 4 is 33.3 Å². The zero-order valence-corrected chi connectivity index (χ0v) is 20.0. The van der Waals surface area contributed by atoms with Crippen molar-refractivity contribution in [1.29, 1.82) is 5.26 Å². The second-order valence-corrected chi connectivity index (χ2v) is 12.1. The van der Waals surface area contributed by atoms with E-state index in [1.165, 1.54) is 17.0 Å². The van der Waals surface area contributed by atoms with Crippen LogP contribution < -0.4 is 5.32 Å². The Morgan fingerprint density at radius 1 is 1.03 bits per heavy atom. The van der Waals surface area contributed by atoms with Crippen molar-refractivity contribution in [3.8, 4) is 6.07 Å². The summed E-state index contributed by atoms with van der Waals surface area (Å²) >= 11 is 6.02. The summed E-state index contributed by atoms with van der Waals surface area (Å²) < 4.78 is 26.7. The summed E-state index contributed by atoms with van der Waals surface area (Å²) in [7, 11) is -3.76. The van der Waals surface area contributed by atoms with Gasteiger partial charge in [0.15, 0.2) is 9.84 Å². The fourth-order valence-electron chi connectivity index (χ4n) is 4.80. The van der Waals surface area contributed by atoms with Crippen LogP contribution in [0.15, 0.2) is 59.5 Å². The first-order valence-electron chi connectivity index (χ1n) is 11.3. The topological polar surface area (TPSA) is 107 Å². The van der Waals surface area contributed by atoms with Crippen molar-refractivity contribution < 1.29 is 18.0 Å². The van der Waals surface area contributed by atoms with Crippen LogP contribution in [0.4, 0.5) is 0 Å². The summed E-state index contributed by atoms with van der Waals surface area (Å²) in [5.74, 6) is -0.715. The minimum absolute atomic E-state index is 0.00694. The van der Waals surface area contributed by atoms with E-state index in [2.05, 4.69) is 11.4 Å². The molecular formula is C25H24ClN3O4S. The Balaban J connectivity index is 1.46. The molecule has 7 nitrogen and oxygen atoms in total. The maximum Gasteiger partial charge on any atom is 0.244 e. The van der Waals surface area contributed by atoms with E-state index in [1.54, 1.807) is 30.3 Å². The standard InChI is InChI=1S/C25H24ClN3O4S/c26-18-8-6-17(7-9-18)25(12-13-25)23(31)29-15-20(34(32,33)19-4-2-1-3-5-19)14-21(29)22(30)28-24(16-27)10-11-24/h1-9,20-21H,10-15H2,(H,28,30)/t20-,21+/m1/s1. The molecule has 0 unspecified atom stereocenters. The molecule has 5 rings (SSSR count). The van der Waals surface area contributed by atoms with E-state index in [-0.39, 0.29) is 23.8 Å². The Hall–Kier alpha value is -2.89. The number of amides is 2. The van der Waals surface area contributed by atoms with Gasteiger partial charge in [-0.2, -0.15) is 5.26 Å². The third-order valence-electron chi connectivity index (χ3n) is 7.22. The molecule has 34 heavy (non-hydrogen) atoms. The molecule has 0 bridgehead atoms. The Kier molecular flexibility index (Phi) is 5.45. The molecule has 1 saturated heterocycles. The van der Waals surface area contributed by atoms with Crippen LogP contribution in [0.2, 0.25) is 5.02 Å². The fraction of sp³-hybridized carbons (Fsp3) is 0.400. The molecule has 2 atom stereocenters. The smallest absolute Gasteiger partial charge is 0.244 e. The van der Waals surface area contributed by atoms with Gasteiger partial charge in [0.2, 0.25) is 11.8 Å². The normalized spacial score (nSPS) is 24.2. The van der Waals surface area contributed by atoms with Crippen LogP contribution in [0.25, 0.3) is 0 Å². The van der Waals surface area contributed by atoms with E-state index in [1.807, 2.05) is 12.1 Å². The first-order chi connectivity index (χ1) is 16.2. The van der Waals surface area contributed by atoms with Crippen LogP contribution in [0.5, 0.6) is 0 Å². The number of halogens is 1. The van der Waals surface area contributed by atoms with E-state index in [0.717, 1.165) is 5.56 Å². The van der Waals surface area contributed by atoms with Crippen molar-refractivity contribution in [2.75, 3.05) is 6.54 Å². The van der Waals surface area contributed by atoms with Crippen LogP contribution in [-0.4, -0.2) is 48.5 Å². The molecule has 2 aromatic carbocycles. The molecule has 176 valence electrons. The van der Waals surface area contributed by atoms with Gasteiger partial charge in [0, 0.05) is 11.6 Å². The predicted molar refractivity (Wildman–Crippen MR) is 126 cm³/mol. The number of hydrogen-bond donors (Lipinski definition) is 1. The number of likely N-dealkylation sites (tertiary alicyclic amines) is 1. The lowest BCUT2D eigenvalue weighted by atomic mass is 9.94. The molecule has 3 fully saturated rings. The van der Waals surface area contributed by atoms with Gasteiger partial charge in [-0.1, -0.05) is 41.9 Å². The van der Waals surface area contributed by atoms with E-state index in [9.17, 15) is 23.3 Å². The second kappa shape index (κ2) is 8.10. The number of nitriles is 1. The summed E-state index contributed by atoms with van der Waals surface area (Å²) in [5.41, 5.74) is -0.873. The number of carbonyl (C=O) groups excluding carboxylic acids is 2. The summed E-state index contributed by atoms with van der Waals surface area (Å²) in [6.45, 7) is -0.0664. The number of benzene rings is 2. The highest BCUT2D eigenvalue weighted by Crippen LogP contribution is 2.51. The largest absolute Gasteiger partial charge is 0.336 e. The molecule has 2 aromatic rings. The summed E-state index contributed by atoms with van der Waals surface area (Å²) in [5, 5.41) is 11.8. The van der Waals surface area contributed by atoms with Gasteiger partial charge >= 0.3 is 0 Å².